The highest BCUT2D eigenvalue weighted by Gasteiger charge is 2.12. The van der Waals surface area contributed by atoms with Gasteiger partial charge in [0, 0.05) is 28.7 Å². The number of aryl methyl sites for hydroxylation is 1. The first-order valence-electron chi connectivity index (χ1n) is 7.45. The Bertz CT molecular complexity index is 918. The topological polar surface area (TPSA) is 44.9 Å². The number of fused-ring (bicyclic) bond motifs is 1. The van der Waals surface area contributed by atoms with E-state index in [1.807, 2.05) is 6.92 Å². The highest BCUT2D eigenvalue weighted by molar-refractivity contribution is 5.94. The number of hydrogen-bond donors (Lipinski definition) is 2. The maximum atomic E-state index is 13.4. The summed E-state index contributed by atoms with van der Waals surface area (Å²) in [5.74, 6) is -2.88. The Morgan fingerprint density at radius 3 is 2.62 bits per heavy atom. The van der Waals surface area contributed by atoms with E-state index in [1.165, 1.54) is 18.2 Å². The minimum absolute atomic E-state index is 0.0515. The predicted octanol–water partition coefficient (Wildman–Crippen LogP) is 3.87. The SMILES string of the molecule is Cc1[nH]c2ccc(F)cc2c1CCNC(=O)c1ccc(F)c(F)c1. The number of H-pyrrole nitrogens is 1. The number of aromatic nitrogens is 1. The Labute approximate surface area is 136 Å². The lowest BCUT2D eigenvalue weighted by atomic mass is 10.1. The summed E-state index contributed by atoms with van der Waals surface area (Å²) in [6, 6.07) is 7.49. The maximum absolute atomic E-state index is 13.4. The molecule has 0 saturated carbocycles. The zero-order valence-electron chi connectivity index (χ0n) is 12.9. The quantitative estimate of drug-likeness (QED) is 0.748. The number of hydrogen-bond acceptors (Lipinski definition) is 1. The van der Waals surface area contributed by atoms with Gasteiger partial charge in [-0.2, -0.15) is 0 Å². The first-order chi connectivity index (χ1) is 11.5. The molecule has 0 spiro atoms. The molecule has 1 amide bonds. The van der Waals surface area contributed by atoms with Gasteiger partial charge < -0.3 is 10.3 Å². The van der Waals surface area contributed by atoms with Crippen LogP contribution in [0, 0.1) is 24.4 Å². The molecule has 124 valence electrons. The van der Waals surface area contributed by atoms with Crippen LogP contribution in [0.15, 0.2) is 36.4 Å². The van der Waals surface area contributed by atoms with Crippen LogP contribution in [0.1, 0.15) is 21.6 Å². The fourth-order valence-corrected chi connectivity index (χ4v) is 2.72. The second kappa shape index (κ2) is 6.39. The largest absolute Gasteiger partial charge is 0.358 e. The van der Waals surface area contributed by atoms with Gasteiger partial charge in [-0.05, 0) is 55.3 Å². The molecule has 3 nitrogen and oxygen atoms in total. The van der Waals surface area contributed by atoms with Gasteiger partial charge in [0.15, 0.2) is 11.6 Å². The summed E-state index contributed by atoms with van der Waals surface area (Å²) in [7, 11) is 0. The molecule has 0 aliphatic heterocycles. The van der Waals surface area contributed by atoms with Crippen molar-refractivity contribution < 1.29 is 18.0 Å². The Balaban J connectivity index is 1.70. The number of rotatable bonds is 4. The van der Waals surface area contributed by atoms with Gasteiger partial charge in [-0.25, -0.2) is 13.2 Å². The van der Waals surface area contributed by atoms with E-state index in [0.717, 1.165) is 34.3 Å². The molecular formula is C18H15F3N2O. The molecule has 6 heteroatoms. The number of carbonyl (C=O) groups is 1. The summed E-state index contributed by atoms with van der Waals surface area (Å²) >= 11 is 0. The van der Waals surface area contributed by atoms with Crippen molar-refractivity contribution in [3.8, 4) is 0 Å². The van der Waals surface area contributed by atoms with Crippen molar-refractivity contribution in [2.75, 3.05) is 6.54 Å². The van der Waals surface area contributed by atoms with Crippen LogP contribution in [0.5, 0.6) is 0 Å². The number of carbonyl (C=O) groups excluding carboxylic acids is 1. The number of halogens is 3. The molecular weight excluding hydrogens is 317 g/mol. The number of nitrogens with one attached hydrogen (secondary N) is 2. The van der Waals surface area contributed by atoms with E-state index >= 15 is 0 Å². The van der Waals surface area contributed by atoms with Crippen LogP contribution in [-0.2, 0) is 6.42 Å². The van der Waals surface area contributed by atoms with Crippen LogP contribution >= 0.6 is 0 Å². The number of aromatic amines is 1. The van der Waals surface area contributed by atoms with Crippen molar-refractivity contribution >= 4 is 16.8 Å². The normalized spacial score (nSPS) is 11.0. The van der Waals surface area contributed by atoms with Gasteiger partial charge in [-0.15, -0.1) is 0 Å². The maximum Gasteiger partial charge on any atom is 0.251 e. The van der Waals surface area contributed by atoms with E-state index in [1.54, 1.807) is 6.07 Å². The molecule has 3 aromatic rings. The standard InChI is InChI=1S/C18H15F3N2O/c1-10-13(14-9-12(19)3-5-17(14)23-10)6-7-22-18(24)11-2-4-15(20)16(21)8-11/h2-5,8-9,23H,6-7H2,1H3,(H,22,24). The van der Waals surface area contributed by atoms with E-state index in [0.29, 0.717) is 13.0 Å². The Morgan fingerprint density at radius 1 is 1.08 bits per heavy atom. The fourth-order valence-electron chi connectivity index (χ4n) is 2.72. The average molecular weight is 332 g/mol. The first kappa shape index (κ1) is 16.1. The van der Waals surface area contributed by atoms with Crippen molar-refractivity contribution in [1.82, 2.24) is 10.3 Å². The van der Waals surface area contributed by atoms with E-state index in [2.05, 4.69) is 10.3 Å². The Kier molecular flexibility index (Phi) is 4.29. The zero-order chi connectivity index (χ0) is 17.3. The molecule has 0 saturated heterocycles. The van der Waals surface area contributed by atoms with Crippen LogP contribution in [0.4, 0.5) is 13.2 Å². The van der Waals surface area contributed by atoms with Crippen molar-refractivity contribution in [1.29, 1.82) is 0 Å². The molecule has 2 aromatic carbocycles. The molecule has 0 radical (unpaired) electrons. The minimum Gasteiger partial charge on any atom is -0.358 e. The van der Waals surface area contributed by atoms with E-state index in [-0.39, 0.29) is 11.4 Å². The van der Waals surface area contributed by atoms with Gasteiger partial charge in [-0.3, -0.25) is 4.79 Å². The molecule has 1 aromatic heterocycles. The van der Waals surface area contributed by atoms with E-state index in [9.17, 15) is 18.0 Å². The van der Waals surface area contributed by atoms with Crippen molar-refractivity contribution in [2.24, 2.45) is 0 Å². The summed E-state index contributed by atoms with van der Waals surface area (Å²) < 4.78 is 39.5. The van der Waals surface area contributed by atoms with Gasteiger partial charge in [0.25, 0.3) is 5.91 Å². The van der Waals surface area contributed by atoms with Crippen molar-refractivity contribution in [3.05, 3.63) is 70.7 Å². The van der Waals surface area contributed by atoms with E-state index in [4.69, 9.17) is 0 Å². The lowest BCUT2D eigenvalue weighted by molar-refractivity contribution is 0.0953. The first-order valence-corrected chi connectivity index (χ1v) is 7.45. The lowest BCUT2D eigenvalue weighted by Crippen LogP contribution is -2.26. The van der Waals surface area contributed by atoms with Crippen molar-refractivity contribution in [2.45, 2.75) is 13.3 Å². The molecule has 1 heterocycles. The van der Waals surface area contributed by atoms with Crippen LogP contribution in [0.25, 0.3) is 10.9 Å². The van der Waals surface area contributed by atoms with Crippen LogP contribution in [0.3, 0.4) is 0 Å². The minimum atomic E-state index is -1.06. The van der Waals surface area contributed by atoms with Crippen LogP contribution in [-0.4, -0.2) is 17.4 Å². The summed E-state index contributed by atoms with van der Waals surface area (Å²) in [5, 5.41) is 3.43. The van der Waals surface area contributed by atoms with Gasteiger partial charge in [0.05, 0.1) is 0 Å². The molecule has 0 aliphatic carbocycles. The number of benzene rings is 2. The number of amides is 1. The van der Waals surface area contributed by atoms with Gasteiger partial charge in [0.1, 0.15) is 5.82 Å². The smallest absolute Gasteiger partial charge is 0.251 e. The predicted molar refractivity (Wildman–Crippen MR) is 85.4 cm³/mol. The van der Waals surface area contributed by atoms with Crippen LogP contribution in [0.2, 0.25) is 0 Å². The summed E-state index contributed by atoms with van der Waals surface area (Å²) in [5.41, 5.74) is 2.69. The zero-order valence-corrected chi connectivity index (χ0v) is 12.9. The van der Waals surface area contributed by atoms with Crippen LogP contribution < -0.4 is 5.32 Å². The second-order valence-electron chi connectivity index (χ2n) is 5.55. The second-order valence-corrected chi connectivity index (χ2v) is 5.55. The monoisotopic (exact) mass is 332 g/mol. The van der Waals surface area contributed by atoms with E-state index < -0.39 is 17.5 Å². The molecule has 0 atom stereocenters. The molecule has 0 fully saturated rings. The molecule has 0 aliphatic rings. The third kappa shape index (κ3) is 3.13. The Morgan fingerprint density at radius 2 is 1.88 bits per heavy atom. The molecule has 0 unspecified atom stereocenters. The molecule has 0 bridgehead atoms. The molecule has 24 heavy (non-hydrogen) atoms. The lowest BCUT2D eigenvalue weighted by Gasteiger charge is -2.06. The fraction of sp³-hybridized carbons (Fsp3) is 0.167. The highest BCUT2D eigenvalue weighted by Crippen LogP contribution is 2.23. The molecule has 2 N–H and O–H groups in total. The van der Waals surface area contributed by atoms with Gasteiger partial charge in [0.2, 0.25) is 0 Å². The average Bonchev–Trinajstić information content (AvgIpc) is 2.85. The third-order valence-corrected chi connectivity index (χ3v) is 3.92. The molecule has 3 rings (SSSR count). The van der Waals surface area contributed by atoms with Gasteiger partial charge >= 0.3 is 0 Å². The Hall–Kier alpha value is -2.76. The highest BCUT2D eigenvalue weighted by atomic mass is 19.2. The summed E-state index contributed by atoms with van der Waals surface area (Å²) in [6.45, 7) is 2.17. The third-order valence-electron chi connectivity index (χ3n) is 3.92. The van der Waals surface area contributed by atoms with Crippen molar-refractivity contribution in [3.63, 3.8) is 0 Å². The summed E-state index contributed by atoms with van der Waals surface area (Å²) in [4.78, 5) is 15.1. The van der Waals surface area contributed by atoms with Gasteiger partial charge in [-0.1, -0.05) is 0 Å². The summed E-state index contributed by atoms with van der Waals surface area (Å²) in [6.07, 6.45) is 0.491.